The fourth-order valence-corrected chi connectivity index (χ4v) is 7.10. The van der Waals surface area contributed by atoms with Gasteiger partial charge in [0, 0.05) is 25.7 Å². The second kappa shape index (κ2) is 13.3. The second-order valence-corrected chi connectivity index (χ2v) is 12.7. The second-order valence-electron chi connectivity index (χ2n) is 9.93. The average Bonchev–Trinajstić information content (AvgIpc) is 3.15. The van der Waals surface area contributed by atoms with Gasteiger partial charge in [-0.15, -0.1) is 12.4 Å². The number of carbonyl (C=O) groups excluding carboxylic acids is 1. The van der Waals surface area contributed by atoms with Gasteiger partial charge >= 0.3 is 0 Å². The van der Waals surface area contributed by atoms with Crippen LogP contribution in [-0.4, -0.2) is 63.1 Å². The van der Waals surface area contributed by atoms with Crippen LogP contribution in [0.25, 0.3) is 0 Å². The zero-order valence-corrected chi connectivity index (χ0v) is 24.2. The van der Waals surface area contributed by atoms with Crippen LogP contribution in [0.4, 0.5) is 19.7 Å². The zero-order valence-electron chi connectivity index (χ0n) is 21.7. The van der Waals surface area contributed by atoms with Crippen LogP contribution in [0.5, 0.6) is 0 Å². The van der Waals surface area contributed by atoms with E-state index in [4.69, 9.17) is 0 Å². The molecule has 13 heteroatoms. The van der Waals surface area contributed by atoms with E-state index in [1.165, 1.54) is 12.1 Å². The van der Waals surface area contributed by atoms with Crippen molar-refractivity contribution in [1.82, 2.24) is 14.6 Å². The number of carbonyl (C=O) groups is 1. The maximum absolute atomic E-state index is 14.8. The average molecular weight is 580 g/mol. The largest absolute Gasteiger partial charge is 0.372 e. The number of rotatable bonds is 11. The van der Waals surface area contributed by atoms with Crippen LogP contribution in [0.15, 0.2) is 12.1 Å². The fraction of sp³-hybridized carbons (Fsp3) is 0.583. The van der Waals surface area contributed by atoms with E-state index in [1.54, 1.807) is 26.0 Å². The molecule has 1 fully saturated rings. The number of benzene rings is 1. The summed E-state index contributed by atoms with van der Waals surface area (Å²) in [5.74, 6) is -2.16. The first-order valence-electron chi connectivity index (χ1n) is 12.0. The summed E-state index contributed by atoms with van der Waals surface area (Å²) < 4.78 is 56.7. The van der Waals surface area contributed by atoms with E-state index in [-0.39, 0.29) is 46.9 Å². The summed E-state index contributed by atoms with van der Waals surface area (Å²) in [6.07, 6.45) is 2.81. The summed E-state index contributed by atoms with van der Waals surface area (Å²) in [4.78, 5) is 19.4. The molecule has 0 spiro atoms. The highest BCUT2D eigenvalue weighted by atomic mass is 35.5. The first-order chi connectivity index (χ1) is 16.9. The molecule has 208 valence electrons. The predicted octanol–water partition coefficient (Wildman–Crippen LogP) is 4.48. The smallest absolute Gasteiger partial charge is 0.212 e. The van der Waals surface area contributed by atoms with Gasteiger partial charge in [-0.2, -0.15) is 0 Å². The van der Waals surface area contributed by atoms with Gasteiger partial charge in [-0.3, -0.25) is 4.79 Å². The Labute approximate surface area is 228 Å². The summed E-state index contributed by atoms with van der Waals surface area (Å²) in [6, 6.07) is 2.32. The number of thiazole rings is 1. The van der Waals surface area contributed by atoms with Crippen LogP contribution < -0.4 is 15.4 Å². The zero-order chi connectivity index (χ0) is 26.6. The van der Waals surface area contributed by atoms with Gasteiger partial charge in [-0.25, -0.2) is 26.9 Å². The quantitative estimate of drug-likeness (QED) is 0.337. The van der Waals surface area contributed by atoms with Crippen LogP contribution in [0.1, 0.15) is 60.3 Å². The molecule has 0 amide bonds. The molecule has 1 aliphatic carbocycles. The van der Waals surface area contributed by atoms with E-state index in [2.05, 4.69) is 20.3 Å². The highest BCUT2D eigenvalue weighted by Gasteiger charge is 2.28. The number of sulfonamides is 1. The lowest BCUT2D eigenvalue weighted by molar-refractivity contribution is 0.103. The van der Waals surface area contributed by atoms with Crippen molar-refractivity contribution in [3.8, 4) is 0 Å². The number of ketones is 1. The minimum absolute atomic E-state index is 0. The van der Waals surface area contributed by atoms with E-state index in [9.17, 15) is 22.0 Å². The standard InChI is InChI=1S/C24H35F2N5O3S2.ClH/c1-14(2)13-36(33,34)30-17-8-6-16(7-9-17)28-24-29-23(27-3)22(35-24)21(32)20-18(25)10-15(11-19(20)26)12-31(4)5;/h10-11,14,16-17,27,30H,6-9,12-13H2,1-5H3,(H,28,29);1H/t16-,17-;. The maximum Gasteiger partial charge on any atom is 0.212 e. The highest BCUT2D eigenvalue weighted by Crippen LogP contribution is 2.33. The first kappa shape index (κ1) is 31.4. The van der Waals surface area contributed by atoms with Gasteiger partial charge in [0.1, 0.15) is 16.5 Å². The molecule has 1 aromatic heterocycles. The molecule has 37 heavy (non-hydrogen) atoms. The molecule has 1 saturated carbocycles. The van der Waals surface area contributed by atoms with Gasteiger partial charge in [0.25, 0.3) is 0 Å². The topological polar surface area (TPSA) is 103 Å². The van der Waals surface area contributed by atoms with Gasteiger partial charge < -0.3 is 15.5 Å². The van der Waals surface area contributed by atoms with E-state index < -0.39 is 33.0 Å². The molecule has 3 N–H and O–H groups in total. The molecule has 0 aliphatic heterocycles. The summed E-state index contributed by atoms with van der Waals surface area (Å²) in [6.45, 7) is 4.09. The van der Waals surface area contributed by atoms with Crippen LogP contribution >= 0.6 is 23.7 Å². The Morgan fingerprint density at radius 3 is 2.22 bits per heavy atom. The van der Waals surface area contributed by atoms with Crippen LogP contribution in [-0.2, 0) is 16.6 Å². The highest BCUT2D eigenvalue weighted by molar-refractivity contribution is 7.89. The van der Waals surface area contributed by atoms with Crippen molar-refractivity contribution in [2.75, 3.05) is 37.5 Å². The van der Waals surface area contributed by atoms with Crippen molar-refractivity contribution in [3.63, 3.8) is 0 Å². The van der Waals surface area contributed by atoms with Gasteiger partial charge in [0.05, 0.1) is 11.3 Å². The van der Waals surface area contributed by atoms with Gasteiger partial charge in [0.15, 0.2) is 10.9 Å². The number of nitrogens with zero attached hydrogens (tertiary/aromatic N) is 2. The lowest BCUT2D eigenvalue weighted by Gasteiger charge is -2.29. The molecule has 2 aromatic rings. The van der Waals surface area contributed by atoms with Crippen molar-refractivity contribution in [2.24, 2.45) is 5.92 Å². The summed E-state index contributed by atoms with van der Waals surface area (Å²) in [5.41, 5.74) is -0.160. The predicted molar refractivity (Wildman–Crippen MR) is 148 cm³/mol. The Kier molecular flexibility index (Phi) is 11.3. The van der Waals surface area contributed by atoms with Crippen LogP contribution in [0, 0.1) is 17.6 Å². The molecule has 3 rings (SSSR count). The summed E-state index contributed by atoms with van der Waals surface area (Å²) >= 11 is 1.04. The molecule has 0 saturated heterocycles. The molecule has 8 nitrogen and oxygen atoms in total. The van der Waals surface area contributed by atoms with E-state index in [1.807, 2.05) is 13.8 Å². The Bertz CT molecular complexity index is 1160. The molecule has 1 aliphatic rings. The number of halogens is 3. The van der Waals surface area contributed by atoms with E-state index in [0.717, 1.165) is 24.2 Å². The molecule has 1 aromatic carbocycles. The van der Waals surface area contributed by atoms with Crippen molar-refractivity contribution >= 4 is 50.5 Å². The van der Waals surface area contributed by atoms with Gasteiger partial charge in [0.2, 0.25) is 15.8 Å². The Balaban J connectivity index is 0.00000481. The number of nitrogens with one attached hydrogen (secondary N) is 3. The Hall–Kier alpha value is -1.86. The lowest BCUT2D eigenvalue weighted by atomic mass is 9.92. The van der Waals surface area contributed by atoms with Crippen molar-refractivity contribution < 1.29 is 22.0 Å². The third-order valence-corrected chi connectivity index (χ3v) is 8.64. The lowest BCUT2D eigenvalue weighted by Crippen LogP contribution is -2.41. The minimum Gasteiger partial charge on any atom is -0.372 e. The third kappa shape index (κ3) is 8.57. The normalized spacial score (nSPS) is 18.1. The molecule has 0 atom stereocenters. The molecule has 1 heterocycles. The monoisotopic (exact) mass is 579 g/mol. The summed E-state index contributed by atoms with van der Waals surface area (Å²) in [5, 5.41) is 6.61. The van der Waals surface area contributed by atoms with Crippen molar-refractivity contribution in [3.05, 3.63) is 39.8 Å². The maximum atomic E-state index is 14.8. The van der Waals surface area contributed by atoms with Crippen molar-refractivity contribution in [1.29, 1.82) is 0 Å². The number of hydrogen-bond acceptors (Lipinski definition) is 8. The molecular weight excluding hydrogens is 544 g/mol. The summed E-state index contributed by atoms with van der Waals surface area (Å²) in [7, 11) is 1.87. The Morgan fingerprint density at radius 1 is 1.14 bits per heavy atom. The molecular formula is C24H36ClF2N5O3S2. The first-order valence-corrected chi connectivity index (χ1v) is 14.5. The number of anilines is 2. The van der Waals surface area contributed by atoms with Crippen molar-refractivity contribution in [2.45, 2.75) is 58.2 Å². The van der Waals surface area contributed by atoms with Gasteiger partial charge in [-0.05, 0) is 63.4 Å². The van der Waals surface area contributed by atoms with Crippen LogP contribution in [0.2, 0.25) is 0 Å². The fourth-order valence-electron chi connectivity index (χ4n) is 4.39. The molecule has 0 unspecified atom stereocenters. The van der Waals surface area contributed by atoms with E-state index in [0.29, 0.717) is 30.1 Å². The number of aromatic nitrogens is 1. The molecule has 0 bridgehead atoms. The third-order valence-electron chi connectivity index (χ3n) is 5.85. The SMILES string of the molecule is CNc1nc(N[C@H]2CC[C@H](NS(=O)(=O)CC(C)C)CC2)sc1C(=O)c1c(F)cc(CN(C)C)cc1F.Cl. The van der Waals surface area contributed by atoms with Gasteiger partial charge in [-0.1, -0.05) is 25.2 Å². The van der Waals surface area contributed by atoms with E-state index >= 15 is 0 Å². The minimum atomic E-state index is -3.30. The Morgan fingerprint density at radius 2 is 1.70 bits per heavy atom. The molecule has 0 radical (unpaired) electrons. The number of hydrogen-bond donors (Lipinski definition) is 3. The van der Waals surface area contributed by atoms with Crippen LogP contribution in [0.3, 0.4) is 0 Å².